The number of unbranched alkanes of at least 4 members (excludes halogenated alkanes) is 1. The Morgan fingerprint density at radius 2 is 1.90 bits per heavy atom. The lowest BCUT2D eigenvalue weighted by molar-refractivity contribution is -0.190. The second-order valence-corrected chi connectivity index (χ2v) is 15.0. The number of aromatic nitrogens is 4. The molecule has 1 saturated heterocycles. The summed E-state index contributed by atoms with van der Waals surface area (Å²) in [6.45, 7) is 4.85. The van der Waals surface area contributed by atoms with Crippen LogP contribution in [0, 0.1) is 11.3 Å². The van der Waals surface area contributed by atoms with Gasteiger partial charge >= 0.3 is 12.3 Å². The minimum absolute atomic E-state index is 0.0804. The quantitative estimate of drug-likeness (QED) is 0.134. The van der Waals surface area contributed by atoms with Gasteiger partial charge in [-0.3, -0.25) is 4.79 Å². The molecule has 1 unspecified atom stereocenters. The van der Waals surface area contributed by atoms with Crippen LogP contribution in [0.25, 0.3) is 5.82 Å². The van der Waals surface area contributed by atoms with Gasteiger partial charge in [-0.05, 0) is 82.6 Å². The van der Waals surface area contributed by atoms with E-state index in [2.05, 4.69) is 20.4 Å². The van der Waals surface area contributed by atoms with Crippen molar-refractivity contribution in [2.75, 3.05) is 25.0 Å². The molecule has 0 aromatic carbocycles. The van der Waals surface area contributed by atoms with Crippen LogP contribution in [-0.4, -0.2) is 81.6 Å². The first kappa shape index (κ1) is 36.2. The zero-order chi connectivity index (χ0) is 35.6. The van der Waals surface area contributed by atoms with E-state index in [0.29, 0.717) is 24.7 Å². The molecule has 5 rings (SSSR count). The van der Waals surface area contributed by atoms with Crippen LogP contribution in [-0.2, 0) is 10.0 Å². The zero-order valence-electron chi connectivity index (χ0n) is 26.8. The highest BCUT2D eigenvalue weighted by Crippen LogP contribution is 2.59. The fourth-order valence-electron chi connectivity index (χ4n) is 5.99. The molecule has 3 N–H and O–H groups in total. The molecule has 0 spiro atoms. The zero-order valence-corrected chi connectivity index (χ0v) is 28.4. The van der Waals surface area contributed by atoms with E-state index in [1.165, 1.54) is 52.3 Å². The first-order valence-electron chi connectivity index (χ1n) is 15.7. The third-order valence-electron chi connectivity index (χ3n) is 8.96. The Kier molecular flexibility index (Phi) is 10.3. The molecular weight excluding hydrogens is 691 g/mol. The van der Waals surface area contributed by atoms with Gasteiger partial charge < -0.3 is 20.1 Å². The molecular formula is C31H37ClF3N7O6S. The number of likely N-dealkylation sites (tertiary alicyclic amines) is 1. The number of pyridine rings is 2. The third-order valence-corrected chi connectivity index (χ3v) is 10.5. The van der Waals surface area contributed by atoms with Gasteiger partial charge in [0.15, 0.2) is 10.8 Å². The van der Waals surface area contributed by atoms with Crippen molar-refractivity contribution < 1.29 is 41.0 Å². The lowest BCUT2D eigenvalue weighted by atomic mass is 9.93. The van der Waals surface area contributed by atoms with Gasteiger partial charge in [0.25, 0.3) is 15.9 Å². The number of halogens is 4. The Morgan fingerprint density at radius 3 is 2.51 bits per heavy atom. The molecule has 4 heterocycles. The molecule has 2 amide bonds. The minimum Gasteiger partial charge on any atom is -0.477 e. The highest BCUT2D eigenvalue weighted by Gasteiger charge is 2.62. The molecule has 0 bridgehead atoms. The van der Waals surface area contributed by atoms with E-state index >= 15 is 0 Å². The predicted molar refractivity (Wildman–Crippen MR) is 172 cm³/mol. The molecule has 3 aromatic heterocycles. The molecule has 49 heavy (non-hydrogen) atoms. The van der Waals surface area contributed by atoms with E-state index in [1.54, 1.807) is 0 Å². The molecule has 2 fully saturated rings. The molecule has 1 aliphatic heterocycles. The number of sulfonamides is 1. The lowest BCUT2D eigenvalue weighted by Gasteiger charge is -2.28. The first-order chi connectivity index (χ1) is 23.0. The van der Waals surface area contributed by atoms with Crippen molar-refractivity contribution in [1.29, 1.82) is 0 Å². The number of nitrogens with zero attached hydrogens (tertiary/aromatic N) is 5. The van der Waals surface area contributed by atoms with Gasteiger partial charge in [0.05, 0.1) is 29.5 Å². The summed E-state index contributed by atoms with van der Waals surface area (Å²) in [6.07, 6.45) is 1.07. The summed E-state index contributed by atoms with van der Waals surface area (Å²) >= 11 is 6.20. The number of carboxylic acid groups (broad SMARTS) is 1. The van der Waals surface area contributed by atoms with Crippen LogP contribution in [0.3, 0.4) is 0 Å². The van der Waals surface area contributed by atoms with Gasteiger partial charge in [-0.15, -0.1) is 5.10 Å². The molecule has 0 radical (unpaired) electrons. The van der Waals surface area contributed by atoms with Crippen LogP contribution in [0.15, 0.2) is 47.8 Å². The Balaban J connectivity index is 1.08. The van der Waals surface area contributed by atoms with Crippen LogP contribution in [0.1, 0.15) is 69.2 Å². The summed E-state index contributed by atoms with van der Waals surface area (Å²) in [7, 11) is -4.36. The average molecular weight is 728 g/mol. The summed E-state index contributed by atoms with van der Waals surface area (Å²) in [5.41, 5.74) is -1.69. The SMILES string of the molecule is CC1(C)CC(CCCCNc2ccc(S(=O)(=O)NC(=O)c3ccc(-n4ccc(OCCC5(C(F)(F)F)CC5)n4)nc3Cl)nc2)CN1C(=O)O. The smallest absolute Gasteiger partial charge is 0.407 e. The van der Waals surface area contributed by atoms with Gasteiger partial charge in [-0.25, -0.2) is 24.2 Å². The largest absolute Gasteiger partial charge is 0.477 e. The van der Waals surface area contributed by atoms with E-state index < -0.39 is 33.6 Å². The molecule has 3 aromatic rings. The number of anilines is 1. The number of nitrogens with one attached hydrogen (secondary N) is 2. The molecule has 1 saturated carbocycles. The first-order valence-corrected chi connectivity index (χ1v) is 17.6. The molecule has 2 aliphatic rings. The Labute approximate surface area is 286 Å². The number of carbonyl (C=O) groups is 2. The average Bonchev–Trinajstić information content (AvgIpc) is 3.56. The number of carbonyl (C=O) groups excluding carboxylic acids is 1. The van der Waals surface area contributed by atoms with Crippen molar-refractivity contribution >= 4 is 39.3 Å². The number of hydrogen-bond acceptors (Lipinski definition) is 9. The fraction of sp³-hybridized carbons (Fsp3) is 0.516. The molecule has 1 atom stereocenters. The summed E-state index contributed by atoms with van der Waals surface area (Å²) in [6, 6.07) is 6.85. The normalized spacial score (nSPS) is 18.2. The second-order valence-electron chi connectivity index (χ2n) is 13.0. The van der Waals surface area contributed by atoms with E-state index in [0.717, 1.165) is 25.7 Å². The van der Waals surface area contributed by atoms with Crippen molar-refractivity contribution in [3.63, 3.8) is 0 Å². The Bertz CT molecular complexity index is 1780. The highest BCUT2D eigenvalue weighted by molar-refractivity contribution is 7.90. The van der Waals surface area contributed by atoms with Crippen molar-refractivity contribution in [1.82, 2.24) is 29.4 Å². The third kappa shape index (κ3) is 8.55. The Hall–Kier alpha value is -4.12. The van der Waals surface area contributed by atoms with Crippen LogP contribution in [0.2, 0.25) is 5.15 Å². The standard InChI is InChI=1S/C31H37ClF3N7O6S/c1-29(2)17-20(19-41(29)28(44)45)5-3-4-14-36-21-6-9-25(37-18-21)49(46,47)40-27(43)22-7-8-23(38-26(22)32)42-15-10-24(39-42)48-16-13-30(11-12-30)31(33,34)35/h6-10,15,18,20,36H,3-5,11-14,16-17,19H2,1-2H3,(H,40,43)(H,44,45). The number of amides is 2. The topological polar surface area (TPSA) is 169 Å². The number of rotatable bonds is 14. The fourth-order valence-corrected chi connectivity index (χ4v) is 7.12. The van der Waals surface area contributed by atoms with Crippen LogP contribution in [0.4, 0.5) is 23.7 Å². The molecule has 13 nitrogen and oxygen atoms in total. The van der Waals surface area contributed by atoms with Gasteiger partial charge in [-0.1, -0.05) is 18.0 Å². The van der Waals surface area contributed by atoms with Crippen LogP contribution < -0.4 is 14.8 Å². The maximum absolute atomic E-state index is 13.1. The van der Waals surface area contributed by atoms with Gasteiger partial charge in [0.2, 0.25) is 5.88 Å². The van der Waals surface area contributed by atoms with Gasteiger partial charge in [0.1, 0.15) is 5.15 Å². The molecule has 18 heteroatoms. The van der Waals surface area contributed by atoms with E-state index in [4.69, 9.17) is 16.3 Å². The number of hydrogen-bond donors (Lipinski definition) is 3. The second kappa shape index (κ2) is 14.0. The molecule has 266 valence electrons. The van der Waals surface area contributed by atoms with E-state index in [9.17, 15) is 36.3 Å². The van der Waals surface area contributed by atoms with Crippen molar-refractivity contribution in [3.8, 4) is 11.7 Å². The van der Waals surface area contributed by atoms with E-state index in [1.807, 2.05) is 18.6 Å². The van der Waals surface area contributed by atoms with Crippen LogP contribution >= 0.6 is 11.6 Å². The summed E-state index contributed by atoms with van der Waals surface area (Å²) < 4.78 is 73.7. The Morgan fingerprint density at radius 1 is 1.14 bits per heavy atom. The monoisotopic (exact) mass is 727 g/mol. The van der Waals surface area contributed by atoms with Gasteiger partial charge in [-0.2, -0.15) is 21.6 Å². The van der Waals surface area contributed by atoms with Crippen molar-refractivity contribution in [2.45, 2.75) is 75.5 Å². The number of alkyl halides is 3. The van der Waals surface area contributed by atoms with Crippen molar-refractivity contribution in [2.24, 2.45) is 11.3 Å². The maximum Gasteiger partial charge on any atom is 0.407 e. The van der Waals surface area contributed by atoms with Crippen molar-refractivity contribution in [3.05, 3.63) is 53.4 Å². The predicted octanol–water partition coefficient (Wildman–Crippen LogP) is 5.91. The van der Waals surface area contributed by atoms with Gasteiger partial charge in [0, 0.05) is 30.9 Å². The summed E-state index contributed by atoms with van der Waals surface area (Å²) in [5.74, 6) is -0.486. The molecule has 1 aliphatic carbocycles. The lowest BCUT2D eigenvalue weighted by Crippen LogP contribution is -2.41. The summed E-state index contributed by atoms with van der Waals surface area (Å²) in [4.78, 5) is 33.8. The highest BCUT2D eigenvalue weighted by atomic mass is 35.5. The minimum atomic E-state index is -4.36. The van der Waals surface area contributed by atoms with E-state index in [-0.39, 0.29) is 58.8 Å². The van der Waals surface area contributed by atoms with Crippen LogP contribution in [0.5, 0.6) is 5.88 Å². The maximum atomic E-state index is 13.1. The number of ether oxygens (including phenoxy) is 1. The summed E-state index contributed by atoms with van der Waals surface area (Å²) in [5, 5.41) is 16.0.